The number of benzene rings is 1. The Bertz CT molecular complexity index is 902. The van der Waals surface area contributed by atoms with Crippen molar-refractivity contribution in [3.8, 4) is 0 Å². The number of hydrogen-bond donors (Lipinski definition) is 0. The molecule has 6 heteroatoms. The minimum Gasteiger partial charge on any atom is -0.453 e. The largest absolute Gasteiger partial charge is 0.453 e. The van der Waals surface area contributed by atoms with Crippen molar-refractivity contribution in [3.05, 3.63) is 48.0 Å². The number of carbonyl (C=O) groups is 4. The molecule has 2 amide bonds. The molecule has 150 valence electrons. The zero-order valence-corrected chi connectivity index (χ0v) is 16.4. The summed E-state index contributed by atoms with van der Waals surface area (Å²) in [6.45, 7) is 3.01. The Kier molecular flexibility index (Phi) is 4.02. The Balaban J connectivity index is 1.30. The van der Waals surface area contributed by atoms with E-state index in [0.717, 1.165) is 11.3 Å². The van der Waals surface area contributed by atoms with Gasteiger partial charge in [0.05, 0.1) is 11.8 Å². The molecule has 0 spiro atoms. The molecule has 1 saturated heterocycles. The summed E-state index contributed by atoms with van der Waals surface area (Å²) in [5.74, 6) is -1.04. The molecule has 8 atom stereocenters. The van der Waals surface area contributed by atoms with Crippen molar-refractivity contribution in [1.29, 1.82) is 0 Å². The second-order valence-corrected chi connectivity index (χ2v) is 8.69. The van der Waals surface area contributed by atoms with Gasteiger partial charge in [-0.2, -0.15) is 0 Å². The molecule has 1 aromatic rings. The van der Waals surface area contributed by atoms with E-state index in [1.165, 1.54) is 13.8 Å². The van der Waals surface area contributed by atoms with Crippen LogP contribution in [-0.4, -0.2) is 40.6 Å². The van der Waals surface area contributed by atoms with Gasteiger partial charge in [-0.05, 0) is 43.9 Å². The molecule has 2 saturated carbocycles. The quantitative estimate of drug-likeness (QED) is 0.332. The first-order chi connectivity index (χ1) is 13.9. The standard InChI is InChI=1S/C23H23NO5/c1-11(23(28)29-12(2)20(25)13-6-4-3-5-7-13)24-21(26)18-14-8-9-15(17-10-16(14)17)19(18)22(24)27/h3-9,11-12,14-19H,10H2,1-2H3/t11-,12-,14-,15-,16-,17-,18-,19+/m1/s1. The van der Waals surface area contributed by atoms with E-state index < -0.39 is 18.1 Å². The first-order valence-electron chi connectivity index (χ1n) is 10.2. The van der Waals surface area contributed by atoms with Crippen molar-refractivity contribution in [2.75, 3.05) is 0 Å². The monoisotopic (exact) mass is 393 g/mol. The maximum absolute atomic E-state index is 13.1. The van der Waals surface area contributed by atoms with Gasteiger partial charge in [-0.15, -0.1) is 0 Å². The molecule has 0 aromatic heterocycles. The van der Waals surface area contributed by atoms with E-state index in [1.54, 1.807) is 30.3 Å². The topological polar surface area (TPSA) is 80.8 Å². The minimum absolute atomic E-state index is 0.109. The minimum atomic E-state index is -1.04. The highest BCUT2D eigenvalue weighted by Gasteiger charge is 2.67. The molecular formula is C23H23NO5. The summed E-state index contributed by atoms with van der Waals surface area (Å²) in [6.07, 6.45) is 4.29. The summed E-state index contributed by atoms with van der Waals surface area (Å²) >= 11 is 0. The highest BCUT2D eigenvalue weighted by Crippen LogP contribution is 2.65. The molecule has 0 unspecified atom stereocenters. The van der Waals surface area contributed by atoms with Crippen LogP contribution in [0.2, 0.25) is 0 Å². The van der Waals surface area contributed by atoms with E-state index in [2.05, 4.69) is 12.2 Å². The lowest BCUT2D eigenvalue weighted by atomic mass is 9.63. The van der Waals surface area contributed by atoms with Crippen LogP contribution >= 0.6 is 0 Å². The molecule has 1 heterocycles. The zero-order valence-electron chi connectivity index (χ0n) is 16.4. The second-order valence-electron chi connectivity index (χ2n) is 8.69. The maximum atomic E-state index is 13.1. The van der Waals surface area contributed by atoms with Crippen LogP contribution in [0.25, 0.3) is 0 Å². The van der Waals surface area contributed by atoms with Crippen molar-refractivity contribution in [2.24, 2.45) is 35.5 Å². The van der Waals surface area contributed by atoms with Gasteiger partial charge in [-0.25, -0.2) is 4.79 Å². The summed E-state index contributed by atoms with van der Waals surface area (Å²) in [5.41, 5.74) is 0.446. The maximum Gasteiger partial charge on any atom is 0.329 e. The lowest BCUT2D eigenvalue weighted by molar-refractivity contribution is -0.160. The molecule has 29 heavy (non-hydrogen) atoms. The number of rotatable bonds is 5. The van der Waals surface area contributed by atoms with Crippen LogP contribution in [0.1, 0.15) is 30.6 Å². The number of amides is 2. The molecule has 5 aliphatic rings. The third kappa shape index (κ3) is 2.61. The Morgan fingerprint density at radius 1 is 0.966 bits per heavy atom. The molecular weight excluding hydrogens is 370 g/mol. The molecule has 0 radical (unpaired) electrons. The summed E-state index contributed by atoms with van der Waals surface area (Å²) in [4.78, 5) is 52.4. The van der Waals surface area contributed by atoms with Gasteiger partial charge in [0.2, 0.25) is 17.6 Å². The van der Waals surface area contributed by atoms with E-state index >= 15 is 0 Å². The van der Waals surface area contributed by atoms with Crippen LogP contribution in [0.3, 0.4) is 0 Å². The number of ether oxygens (including phenoxy) is 1. The number of likely N-dealkylation sites (tertiary alicyclic amines) is 1. The van der Waals surface area contributed by atoms with E-state index in [9.17, 15) is 19.2 Å². The Hall–Kier alpha value is -2.76. The summed E-state index contributed by atoms with van der Waals surface area (Å²) in [6, 6.07) is 7.54. The third-order valence-electron chi connectivity index (χ3n) is 7.15. The number of Topliss-reactive ketones (excluding diaryl/α,β-unsaturated/α-hetero) is 1. The zero-order chi connectivity index (χ0) is 20.4. The number of allylic oxidation sites excluding steroid dienone is 2. The van der Waals surface area contributed by atoms with E-state index in [-0.39, 0.29) is 41.3 Å². The SMILES string of the molecule is C[C@H](C(=O)O[C@H](C)C(=O)c1ccccc1)N1C(=O)[C@@H]2[C@@H]3C=C[C@H]([C@H]4C[C@H]34)[C@@H]2C1=O. The fourth-order valence-electron chi connectivity index (χ4n) is 5.63. The third-order valence-corrected chi connectivity index (χ3v) is 7.15. The van der Waals surface area contributed by atoms with Crippen LogP contribution < -0.4 is 0 Å². The summed E-state index contributed by atoms with van der Waals surface area (Å²) < 4.78 is 5.34. The van der Waals surface area contributed by atoms with Crippen molar-refractivity contribution in [3.63, 3.8) is 0 Å². The number of ketones is 1. The van der Waals surface area contributed by atoms with Crippen LogP contribution in [0.4, 0.5) is 0 Å². The molecule has 4 aliphatic carbocycles. The van der Waals surface area contributed by atoms with Crippen molar-refractivity contribution < 1.29 is 23.9 Å². The molecule has 3 fully saturated rings. The molecule has 1 aromatic carbocycles. The van der Waals surface area contributed by atoms with Crippen molar-refractivity contribution in [2.45, 2.75) is 32.4 Å². The molecule has 2 bridgehead atoms. The highest BCUT2D eigenvalue weighted by atomic mass is 16.5. The predicted octanol–water partition coefficient (Wildman–Crippen LogP) is 2.24. The van der Waals surface area contributed by atoms with Crippen LogP contribution in [0, 0.1) is 35.5 Å². The van der Waals surface area contributed by atoms with Crippen LogP contribution in [-0.2, 0) is 19.1 Å². The second kappa shape index (κ2) is 6.37. The number of hydrogen-bond acceptors (Lipinski definition) is 5. The number of carbonyl (C=O) groups excluding carboxylic acids is 4. The lowest BCUT2D eigenvalue weighted by Gasteiger charge is -2.37. The average Bonchev–Trinajstić information content (AvgIpc) is 3.51. The molecule has 1 aliphatic heterocycles. The first kappa shape index (κ1) is 18.3. The van der Waals surface area contributed by atoms with Crippen molar-refractivity contribution in [1.82, 2.24) is 4.90 Å². The Morgan fingerprint density at radius 3 is 2.07 bits per heavy atom. The van der Waals surface area contributed by atoms with E-state index in [0.29, 0.717) is 17.4 Å². The number of nitrogens with zero attached hydrogens (tertiary/aromatic N) is 1. The highest BCUT2D eigenvalue weighted by molar-refractivity contribution is 6.09. The average molecular weight is 393 g/mol. The number of imide groups is 1. The fraction of sp³-hybridized carbons (Fsp3) is 0.478. The normalized spacial score (nSPS) is 35.7. The Morgan fingerprint density at radius 2 is 1.52 bits per heavy atom. The van der Waals surface area contributed by atoms with Crippen LogP contribution in [0.5, 0.6) is 0 Å². The van der Waals surface area contributed by atoms with E-state index in [4.69, 9.17) is 4.74 Å². The summed E-state index contributed by atoms with van der Waals surface area (Å²) in [7, 11) is 0. The van der Waals surface area contributed by atoms with Gasteiger partial charge in [0, 0.05) is 5.56 Å². The van der Waals surface area contributed by atoms with Crippen LogP contribution in [0.15, 0.2) is 42.5 Å². The van der Waals surface area contributed by atoms with Gasteiger partial charge in [0.25, 0.3) is 0 Å². The first-order valence-corrected chi connectivity index (χ1v) is 10.2. The number of esters is 1. The Labute approximate surface area is 168 Å². The molecule has 6 rings (SSSR count). The van der Waals surface area contributed by atoms with Gasteiger partial charge in [0.1, 0.15) is 6.04 Å². The van der Waals surface area contributed by atoms with E-state index in [1.807, 2.05) is 0 Å². The smallest absolute Gasteiger partial charge is 0.329 e. The molecule has 0 N–H and O–H groups in total. The van der Waals surface area contributed by atoms with Gasteiger partial charge in [-0.3, -0.25) is 19.3 Å². The lowest BCUT2D eigenvalue weighted by Crippen LogP contribution is -2.46. The van der Waals surface area contributed by atoms with Gasteiger partial charge < -0.3 is 4.74 Å². The van der Waals surface area contributed by atoms with Gasteiger partial charge >= 0.3 is 5.97 Å². The van der Waals surface area contributed by atoms with Gasteiger partial charge in [-0.1, -0.05) is 42.5 Å². The fourth-order valence-corrected chi connectivity index (χ4v) is 5.63. The predicted molar refractivity (Wildman–Crippen MR) is 102 cm³/mol. The van der Waals surface area contributed by atoms with Gasteiger partial charge in [0.15, 0.2) is 6.10 Å². The molecule has 6 nitrogen and oxygen atoms in total. The van der Waals surface area contributed by atoms with Crippen molar-refractivity contribution >= 4 is 23.6 Å². The summed E-state index contributed by atoms with van der Waals surface area (Å²) in [5, 5.41) is 0.